The first-order valence-corrected chi connectivity index (χ1v) is 12.7. The number of nitrogens with zero attached hydrogens (tertiary/aromatic N) is 3. The van der Waals surface area contributed by atoms with Crippen LogP contribution >= 0.6 is 11.6 Å². The standard InChI is InChI=1S/C29H21ClFN5O5.CH4/c30-17-7-10-19-21(11-17)26(20-3-1-2-4-22(20)31)32-13-16-14-33-29(36-25(16)19)34-18-8-5-15(6-9-18)27(39)35-23(28(40)41)12-24(37)38;/h1-11,14,23H,12-13H2,(H,35,39)(H,37,38)(H,40,41)(H,33,34,36);1H4/t23-;/m0./s1. The number of carboxylic acid groups (broad SMARTS) is 2. The van der Waals surface area contributed by atoms with Crippen LogP contribution in [0.4, 0.5) is 16.0 Å². The number of aromatic nitrogens is 2. The van der Waals surface area contributed by atoms with Crippen molar-refractivity contribution in [3.05, 3.63) is 106 Å². The van der Waals surface area contributed by atoms with Gasteiger partial charge >= 0.3 is 11.9 Å². The maximum atomic E-state index is 14.7. The number of aliphatic imine (C=N–C) groups is 1. The zero-order valence-electron chi connectivity index (χ0n) is 21.1. The molecule has 0 saturated carbocycles. The molecule has 0 aliphatic carbocycles. The van der Waals surface area contributed by atoms with Crippen molar-refractivity contribution < 1.29 is 29.0 Å². The number of fused-ring (bicyclic) bond motifs is 3. The van der Waals surface area contributed by atoms with Gasteiger partial charge in [0.15, 0.2) is 0 Å². The molecule has 1 aliphatic heterocycles. The molecule has 42 heavy (non-hydrogen) atoms. The van der Waals surface area contributed by atoms with Crippen LogP contribution < -0.4 is 10.6 Å². The van der Waals surface area contributed by atoms with E-state index in [0.717, 1.165) is 5.56 Å². The van der Waals surface area contributed by atoms with Gasteiger partial charge in [-0.05, 0) is 48.5 Å². The van der Waals surface area contributed by atoms with Crippen molar-refractivity contribution in [3.63, 3.8) is 0 Å². The number of halogens is 2. The number of rotatable bonds is 8. The van der Waals surface area contributed by atoms with Crippen LogP contribution in [0.5, 0.6) is 0 Å². The Balaban J connectivity index is 0.00000405. The van der Waals surface area contributed by atoms with Gasteiger partial charge in [0.2, 0.25) is 5.95 Å². The van der Waals surface area contributed by atoms with Crippen molar-refractivity contribution in [2.45, 2.75) is 26.4 Å². The Morgan fingerprint density at radius 3 is 2.40 bits per heavy atom. The van der Waals surface area contributed by atoms with Crippen molar-refractivity contribution in [2.24, 2.45) is 4.99 Å². The van der Waals surface area contributed by atoms with Gasteiger partial charge in [-0.25, -0.2) is 19.2 Å². The van der Waals surface area contributed by atoms with Crippen LogP contribution in [0, 0.1) is 5.82 Å². The van der Waals surface area contributed by atoms with Crippen molar-refractivity contribution in [1.29, 1.82) is 0 Å². The lowest BCUT2D eigenvalue weighted by molar-refractivity contribution is -0.145. The third kappa shape index (κ3) is 6.42. The maximum Gasteiger partial charge on any atom is 0.326 e. The molecule has 1 aliphatic rings. The van der Waals surface area contributed by atoms with Gasteiger partial charge in [0, 0.05) is 44.7 Å². The van der Waals surface area contributed by atoms with E-state index in [1.807, 2.05) is 0 Å². The summed E-state index contributed by atoms with van der Waals surface area (Å²) in [5, 5.41) is 23.7. The summed E-state index contributed by atoms with van der Waals surface area (Å²) in [5.74, 6) is -3.68. The van der Waals surface area contributed by atoms with Crippen LogP contribution in [0.3, 0.4) is 0 Å². The first kappa shape index (κ1) is 29.8. The molecule has 0 fully saturated rings. The fourth-order valence-corrected chi connectivity index (χ4v) is 4.49. The van der Waals surface area contributed by atoms with Crippen molar-refractivity contribution in [3.8, 4) is 11.3 Å². The highest BCUT2D eigenvalue weighted by atomic mass is 35.5. The molecule has 0 saturated heterocycles. The number of carboxylic acids is 2. The molecule has 1 amide bonds. The summed E-state index contributed by atoms with van der Waals surface area (Å²) in [6.07, 6.45) is 0.881. The highest BCUT2D eigenvalue weighted by Crippen LogP contribution is 2.34. The van der Waals surface area contributed by atoms with E-state index in [0.29, 0.717) is 38.8 Å². The lowest BCUT2D eigenvalue weighted by Crippen LogP contribution is -2.42. The third-order valence-electron chi connectivity index (χ3n) is 6.28. The fourth-order valence-electron chi connectivity index (χ4n) is 4.32. The highest BCUT2D eigenvalue weighted by molar-refractivity contribution is 6.31. The predicted octanol–water partition coefficient (Wildman–Crippen LogP) is 5.32. The van der Waals surface area contributed by atoms with Crippen molar-refractivity contribution in [2.75, 3.05) is 5.32 Å². The fraction of sp³-hybridized carbons (Fsp3) is 0.133. The van der Waals surface area contributed by atoms with E-state index in [9.17, 15) is 18.8 Å². The largest absolute Gasteiger partial charge is 0.481 e. The van der Waals surface area contributed by atoms with E-state index in [2.05, 4.69) is 20.6 Å². The van der Waals surface area contributed by atoms with Crippen LogP contribution in [0.2, 0.25) is 5.02 Å². The van der Waals surface area contributed by atoms with Crippen LogP contribution in [0.25, 0.3) is 11.3 Å². The number of nitrogens with one attached hydrogen (secondary N) is 2. The molecule has 0 unspecified atom stereocenters. The van der Waals surface area contributed by atoms with Gasteiger partial charge in [0.25, 0.3) is 5.91 Å². The molecule has 2 heterocycles. The molecular formula is C30H25ClFN5O5. The molecular weight excluding hydrogens is 565 g/mol. The number of aliphatic carboxylic acids is 2. The summed E-state index contributed by atoms with van der Waals surface area (Å²) in [4.78, 5) is 48.3. The Morgan fingerprint density at radius 1 is 0.976 bits per heavy atom. The van der Waals surface area contributed by atoms with Gasteiger partial charge in [0.1, 0.15) is 11.9 Å². The molecule has 1 atom stereocenters. The highest BCUT2D eigenvalue weighted by Gasteiger charge is 2.24. The van der Waals surface area contributed by atoms with Crippen LogP contribution in [0.1, 0.15) is 40.9 Å². The quantitative estimate of drug-likeness (QED) is 0.215. The number of carbonyl (C=O) groups is 3. The maximum absolute atomic E-state index is 14.7. The van der Waals surface area contributed by atoms with Gasteiger partial charge in [-0.15, -0.1) is 0 Å². The van der Waals surface area contributed by atoms with Gasteiger partial charge in [-0.1, -0.05) is 37.2 Å². The Labute approximate surface area is 244 Å². The Morgan fingerprint density at radius 2 is 1.71 bits per heavy atom. The third-order valence-corrected chi connectivity index (χ3v) is 6.51. The Hall–Kier alpha value is -5.16. The SMILES string of the molecule is C.O=C(O)C[C@H](NC(=O)c1ccc(Nc2ncc3c(n2)-c2ccc(Cl)cc2C(c2ccccc2F)=NC3)cc1)C(=O)O. The Bertz CT molecular complexity index is 1710. The number of carbonyl (C=O) groups excluding carboxylic acids is 1. The van der Waals surface area contributed by atoms with Crippen LogP contribution in [-0.4, -0.2) is 49.8 Å². The van der Waals surface area contributed by atoms with E-state index in [1.54, 1.807) is 54.7 Å². The number of hydrogen-bond acceptors (Lipinski definition) is 7. The van der Waals surface area contributed by atoms with E-state index < -0.39 is 36.1 Å². The summed E-state index contributed by atoms with van der Waals surface area (Å²) in [7, 11) is 0. The molecule has 5 rings (SSSR count). The van der Waals surface area contributed by atoms with E-state index >= 15 is 0 Å². The molecule has 12 heteroatoms. The van der Waals surface area contributed by atoms with E-state index in [-0.39, 0.29) is 25.5 Å². The second-order valence-corrected chi connectivity index (χ2v) is 9.50. The molecule has 0 bridgehead atoms. The molecule has 4 N–H and O–H groups in total. The number of benzene rings is 3. The monoisotopic (exact) mass is 589 g/mol. The van der Waals surface area contributed by atoms with Crippen LogP contribution in [-0.2, 0) is 16.1 Å². The molecule has 1 aromatic heterocycles. The molecule has 10 nitrogen and oxygen atoms in total. The molecule has 0 spiro atoms. The zero-order valence-corrected chi connectivity index (χ0v) is 21.9. The Kier molecular flexibility index (Phi) is 8.92. The first-order chi connectivity index (χ1) is 19.7. The normalized spacial score (nSPS) is 12.4. The van der Waals surface area contributed by atoms with Gasteiger partial charge < -0.3 is 20.8 Å². The topological polar surface area (TPSA) is 154 Å². The smallest absolute Gasteiger partial charge is 0.326 e. The molecule has 4 aromatic rings. The second kappa shape index (κ2) is 12.6. The number of amides is 1. The van der Waals surface area contributed by atoms with Crippen molar-refractivity contribution >= 4 is 46.8 Å². The van der Waals surface area contributed by atoms with E-state index in [4.69, 9.17) is 26.8 Å². The zero-order chi connectivity index (χ0) is 29.1. The van der Waals surface area contributed by atoms with Crippen molar-refractivity contribution in [1.82, 2.24) is 15.3 Å². The summed E-state index contributed by atoms with van der Waals surface area (Å²) in [6, 6.07) is 16.1. The second-order valence-electron chi connectivity index (χ2n) is 9.07. The van der Waals surface area contributed by atoms with Gasteiger partial charge in [-0.3, -0.25) is 14.6 Å². The minimum atomic E-state index is -1.56. The minimum Gasteiger partial charge on any atom is -0.481 e. The van der Waals surface area contributed by atoms with E-state index in [1.165, 1.54) is 18.2 Å². The lowest BCUT2D eigenvalue weighted by Gasteiger charge is -2.14. The average Bonchev–Trinajstić information content (AvgIpc) is 3.09. The predicted molar refractivity (Wildman–Crippen MR) is 156 cm³/mol. The summed E-state index contributed by atoms with van der Waals surface area (Å²) in [5.41, 5.74) is 4.13. The number of hydrogen-bond donors (Lipinski definition) is 4. The van der Waals surface area contributed by atoms with Gasteiger partial charge in [-0.2, -0.15) is 0 Å². The molecule has 0 radical (unpaired) electrons. The minimum absolute atomic E-state index is 0. The van der Waals surface area contributed by atoms with Crippen LogP contribution in [0.15, 0.2) is 77.9 Å². The average molecular weight is 590 g/mol. The molecule has 3 aromatic carbocycles. The molecule has 214 valence electrons. The number of anilines is 2. The summed E-state index contributed by atoms with van der Waals surface area (Å²) >= 11 is 6.31. The first-order valence-electron chi connectivity index (χ1n) is 12.3. The summed E-state index contributed by atoms with van der Waals surface area (Å²) in [6.45, 7) is 0.217. The summed E-state index contributed by atoms with van der Waals surface area (Å²) < 4.78 is 14.7. The van der Waals surface area contributed by atoms with Gasteiger partial charge in [0.05, 0.1) is 24.4 Å². The lowest BCUT2D eigenvalue weighted by atomic mass is 9.95.